The molecule has 0 rings (SSSR count). The summed E-state index contributed by atoms with van der Waals surface area (Å²) in [7, 11) is 0. The summed E-state index contributed by atoms with van der Waals surface area (Å²) in [5.41, 5.74) is 0. The molecule has 0 aliphatic heterocycles. The molecule has 0 unspecified atom stereocenters. The maximum atomic E-state index is 10.3. The van der Waals surface area contributed by atoms with E-state index in [1.807, 2.05) is 0 Å². The second-order valence-electron chi connectivity index (χ2n) is 1.54. The van der Waals surface area contributed by atoms with E-state index in [4.69, 9.17) is 4.79 Å². The van der Waals surface area contributed by atoms with Gasteiger partial charge in [0.25, 0.3) is 0 Å². The molecule has 0 N–H and O–H groups in total. The van der Waals surface area contributed by atoms with Crippen LogP contribution in [0.3, 0.4) is 0 Å². The molecule has 0 aromatic carbocycles. The van der Waals surface area contributed by atoms with E-state index >= 15 is 0 Å². The first-order chi connectivity index (χ1) is 5.22. The van der Waals surface area contributed by atoms with Crippen molar-refractivity contribution in [1.29, 1.82) is 0 Å². The van der Waals surface area contributed by atoms with Crippen LogP contribution in [-0.4, -0.2) is 12.1 Å². The van der Waals surface area contributed by atoms with Crippen molar-refractivity contribution in [3.8, 4) is 0 Å². The smallest absolute Gasteiger partial charge is 0.0175 e. The molecule has 0 spiro atoms. The van der Waals surface area contributed by atoms with Gasteiger partial charge in [-0.15, -0.1) is 12.7 Å². The van der Waals surface area contributed by atoms with Gasteiger partial charge < -0.3 is 9.59 Å². The maximum absolute atomic E-state index is 10.3. The summed E-state index contributed by atoms with van der Waals surface area (Å²) >= 11 is 0. The number of carbonyl (C=O) groups is 1. The second kappa shape index (κ2) is 17.0. The van der Waals surface area contributed by atoms with Crippen LogP contribution in [0, 0.1) is 6.42 Å². The van der Waals surface area contributed by atoms with E-state index in [9.17, 15) is 4.79 Å². The number of ketones is 1. The van der Waals surface area contributed by atoms with Crippen molar-refractivity contribution in [3.05, 3.63) is 31.7 Å². The molecule has 1 radical (unpaired) electrons. The predicted molar refractivity (Wildman–Crippen MR) is 45.7 cm³/mol. The van der Waals surface area contributed by atoms with Gasteiger partial charge in [-0.2, -0.15) is 26.0 Å². The molecule has 0 aliphatic rings. The Kier molecular flexibility index (Phi) is 25.2. The van der Waals surface area contributed by atoms with Crippen molar-refractivity contribution in [2.45, 2.75) is 13.3 Å². The van der Waals surface area contributed by atoms with E-state index in [1.165, 1.54) is 25.7 Å². The molecule has 0 heterocycles. The Bertz CT molecular complexity index is 141. The number of hydrogen-bond acceptors (Lipinski definition) is 2. The van der Waals surface area contributed by atoms with Gasteiger partial charge in [0, 0.05) is 38.5 Å². The molecule has 0 saturated heterocycles. The molecule has 0 fully saturated rings. The van der Waals surface area contributed by atoms with Crippen LogP contribution in [0.1, 0.15) is 13.3 Å². The molecule has 0 bridgehead atoms. The van der Waals surface area contributed by atoms with Gasteiger partial charge in [-0.25, -0.2) is 0 Å². The van der Waals surface area contributed by atoms with Gasteiger partial charge in [0.1, 0.15) is 0 Å². The molecule has 0 aromatic rings. The molecule has 2 nitrogen and oxygen atoms in total. The minimum Gasteiger partial charge on any atom is -0.542 e. The first-order valence-corrected chi connectivity index (χ1v) is 3.12. The maximum Gasteiger partial charge on any atom is 0.0175 e. The predicted octanol–water partition coefficient (Wildman–Crippen LogP) is 1.64. The SMILES string of the molecule is C=CC[CH-]C(=O)C=C.C[C-]=O.[Y]. The molecular formula is C9H12O2Y-2. The van der Waals surface area contributed by atoms with Gasteiger partial charge in [0.05, 0.1) is 0 Å². The average molecular weight is 241 g/mol. The Morgan fingerprint density at radius 1 is 1.58 bits per heavy atom. The first-order valence-electron chi connectivity index (χ1n) is 3.12. The summed E-state index contributed by atoms with van der Waals surface area (Å²) in [6, 6.07) is 0. The summed E-state index contributed by atoms with van der Waals surface area (Å²) in [5, 5.41) is 0. The van der Waals surface area contributed by atoms with Gasteiger partial charge >= 0.3 is 0 Å². The Balaban J connectivity index is -0.000000177. The topological polar surface area (TPSA) is 34.1 Å². The Morgan fingerprint density at radius 3 is 2.25 bits per heavy atom. The zero-order valence-electron chi connectivity index (χ0n) is 7.25. The average Bonchev–Trinajstić information content (AvgIpc) is 2.02. The summed E-state index contributed by atoms with van der Waals surface area (Å²) in [4.78, 5) is 19.0. The number of allylic oxidation sites excluding steroid dienone is 2. The van der Waals surface area contributed by atoms with Crippen LogP contribution in [-0.2, 0) is 42.3 Å². The Labute approximate surface area is 99.0 Å². The second-order valence-corrected chi connectivity index (χ2v) is 1.54. The van der Waals surface area contributed by atoms with Crippen molar-refractivity contribution in [1.82, 2.24) is 0 Å². The molecular weight excluding hydrogens is 229 g/mol. The van der Waals surface area contributed by atoms with E-state index in [1.54, 1.807) is 6.08 Å². The third-order valence-electron chi connectivity index (χ3n) is 0.687. The largest absolute Gasteiger partial charge is 0.542 e. The fourth-order valence-corrected chi connectivity index (χ4v) is 0.283. The summed E-state index contributed by atoms with van der Waals surface area (Å²) < 4.78 is 0. The third-order valence-corrected chi connectivity index (χ3v) is 0.687. The van der Waals surface area contributed by atoms with Gasteiger partial charge in [0.15, 0.2) is 0 Å². The van der Waals surface area contributed by atoms with Gasteiger partial charge in [-0.1, -0.05) is 6.42 Å². The first kappa shape index (κ1) is 17.8. The fraction of sp³-hybridized carbons (Fsp3) is 0.222. The van der Waals surface area contributed by atoms with Crippen molar-refractivity contribution < 1.29 is 42.3 Å². The monoisotopic (exact) mass is 241 g/mol. The fourth-order valence-electron chi connectivity index (χ4n) is 0.283. The van der Waals surface area contributed by atoms with Gasteiger partial charge in [-0.3, -0.25) is 6.29 Å². The van der Waals surface area contributed by atoms with E-state index in [-0.39, 0.29) is 38.5 Å². The van der Waals surface area contributed by atoms with Crippen LogP contribution in [0.25, 0.3) is 0 Å². The van der Waals surface area contributed by atoms with Gasteiger partial charge in [-0.05, 0) is 0 Å². The third kappa shape index (κ3) is 22.6. The molecule has 0 atom stereocenters. The number of hydrogen-bond donors (Lipinski definition) is 0. The number of carbonyl (C=O) groups excluding carboxylic acids is 2. The van der Waals surface area contributed by atoms with Crippen LogP contribution in [0.15, 0.2) is 25.3 Å². The van der Waals surface area contributed by atoms with Crippen molar-refractivity contribution in [2.24, 2.45) is 0 Å². The molecule has 0 aliphatic carbocycles. The quantitative estimate of drug-likeness (QED) is 0.426. The molecule has 3 heteroatoms. The minimum absolute atomic E-state index is 0. The van der Waals surface area contributed by atoms with E-state index in [0.717, 1.165) is 0 Å². The van der Waals surface area contributed by atoms with E-state index in [0.29, 0.717) is 6.42 Å². The van der Waals surface area contributed by atoms with Crippen LogP contribution >= 0.6 is 0 Å². The molecule has 0 aromatic heterocycles. The Morgan fingerprint density at radius 2 is 2.00 bits per heavy atom. The zero-order chi connectivity index (χ0) is 9.11. The summed E-state index contributed by atoms with van der Waals surface area (Å²) in [6.45, 7) is 8.07. The Hall–Kier alpha value is -0.206. The van der Waals surface area contributed by atoms with Crippen LogP contribution in [0.2, 0.25) is 0 Å². The minimum atomic E-state index is -0.0371. The molecule has 0 amide bonds. The van der Waals surface area contributed by atoms with Crippen LogP contribution in [0.4, 0.5) is 0 Å². The van der Waals surface area contributed by atoms with Crippen LogP contribution in [0.5, 0.6) is 0 Å². The van der Waals surface area contributed by atoms with Crippen molar-refractivity contribution in [3.63, 3.8) is 0 Å². The summed E-state index contributed by atoms with van der Waals surface area (Å²) in [5.74, 6) is -0.0371. The van der Waals surface area contributed by atoms with E-state index in [2.05, 4.69) is 13.2 Å². The normalized spacial score (nSPS) is 6.08. The van der Waals surface area contributed by atoms with Gasteiger partial charge in [0.2, 0.25) is 0 Å². The molecule has 65 valence electrons. The van der Waals surface area contributed by atoms with Crippen molar-refractivity contribution in [2.75, 3.05) is 0 Å². The molecule has 0 saturated carbocycles. The number of rotatable bonds is 4. The standard InChI is InChI=1S/C7H9O.C2H3O.Y/c1-3-5-6-7(8)4-2;1-2-3;/h3-4,6H,1-2,5H2;1H3;/q2*-1;. The van der Waals surface area contributed by atoms with Crippen molar-refractivity contribution >= 4 is 12.1 Å². The molecule has 12 heavy (non-hydrogen) atoms. The van der Waals surface area contributed by atoms with E-state index < -0.39 is 0 Å². The summed E-state index contributed by atoms with van der Waals surface area (Å²) in [6.07, 6.45) is 6.61. The zero-order valence-corrected chi connectivity index (χ0v) is 10.1. The van der Waals surface area contributed by atoms with Crippen LogP contribution < -0.4 is 0 Å².